The zero-order valence-corrected chi connectivity index (χ0v) is 7.82. The van der Waals surface area contributed by atoms with Gasteiger partial charge in [0.25, 0.3) is 0 Å². The van der Waals surface area contributed by atoms with Gasteiger partial charge in [0.05, 0.1) is 36.6 Å². The fourth-order valence-corrected chi connectivity index (χ4v) is 1.28. The summed E-state index contributed by atoms with van der Waals surface area (Å²) in [4.78, 5) is 0. The molecule has 0 aliphatic carbocycles. The van der Waals surface area contributed by atoms with E-state index in [2.05, 4.69) is 18.1 Å². The first kappa shape index (κ1) is 9.59. The minimum Gasteiger partial charge on any atom is -0.396 e. The predicted molar refractivity (Wildman–Crippen MR) is 50.9 cm³/mol. The molecule has 0 bridgehead atoms. The summed E-state index contributed by atoms with van der Waals surface area (Å²) < 4.78 is 1.82. The van der Waals surface area contributed by atoms with Gasteiger partial charge in [0.2, 0.25) is 0 Å². The van der Waals surface area contributed by atoms with Gasteiger partial charge in [0.15, 0.2) is 0 Å². The van der Waals surface area contributed by atoms with E-state index in [1.54, 1.807) is 6.20 Å². The zero-order valence-electron chi connectivity index (χ0n) is 7.82. The summed E-state index contributed by atoms with van der Waals surface area (Å²) in [6.45, 7) is 2.74. The predicted octanol–water partition coefficient (Wildman–Crippen LogP) is 1.33. The maximum absolute atomic E-state index is 8.43. The highest BCUT2D eigenvalue weighted by Gasteiger charge is 2.05. The van der Waals surface area contributed by atoms with Gasteiger partial charge >= 0.3 is 0 Å². The maximum atomic E-state index is 8.43. The lowest BCUT2D eigenvalue weighted by atomic mass is 10.2. The van der Waals surface area contributed by atoms with Gasteiger partial charge in [-0.2, -0.15) is 10.4 Å². The molecule has 0 radical (unpaired) electrons. The third-order valence-corrected chi connectivity index (χ3v) is 1.90. The van der Waals surface area contributed by atoms with Gasteiger partial charge in [-0.25, -0.2) is 0 Å². The Kier molecular flexibility index (Phi) is 3.32. The van der Waals surface area contributed by atoms with E-state index < -0.39 is 0 Å². The molecular weight excluding hydrogens is 164 g/mol. The molecule has 1 aromatic heterocycles. The Morgan fingerprint density at radius 1 is 1.69 bits per heavy atom. The second-order valence-corrected chi connectivity index (χ2v) is 2.93. The topological polar surface area (TPSA) is 67.6 Å². The standard InChI is InChI=1S/C9H14N4/c1-2-4-9-8(11)7-12-13(9)6-3-5-10/h7H,2-4,6,11H2,1H3. The second-order valence-electron chi connectivity index (χ2n) is 2.93. The second kappa shape index (κ2) is 4.51. The third kappa shape index (κ3) is 2.22. The van der Waals surface area contributed by atoms with Crippen molar-refractivity contribution in [1.29, 1.82) is 5.26 Å². The molecule has 2 N–H and O–H groups in total. The summed E-state index contributed by atoms with van der Waals surface area (Å²) >= 11 is 0. The van der Waals surface area contributed by atoms with Crippen LogP contribution in [0.25, 0.3) is 0 Å². The number of nitriles is 1. The highest BCUT2D eigenvalue weighted by molar-refractivity contribution is 5.40. The summed E-state index contributed by atoms with van der Waals surface area (Å²) in [5, 5.41) is 12.5. The molecule has 1 rings (SSSR count). The number of nitrogen functional groups attached to an aromatic ring is 1. The Balaban J connectivity index is 2.75. The van der Waals surface area contributed by atoms with Gasteiger partial charge in [-0.1, -0.05) is 13.3 Å². The Morgan fingerprint density at radius 2 is 2.46 bits per heavy atom. The van der Waals surface area contributed by atoms with Crippen molar-refractivity contribution in [3.8, 4) is 6.07 Å². The molecule has 4 heteroatoms. The van der Waals surface area contributed by atoms with Crippen LogP contribution < -0.4 is 5.73 Å². The molecule has 0 atom stereocenters. The molecule has 0 aliphatic heterocycles. The molecule has 0 aliphatic rings. The van der Waals surface area contributed by atoms with E-state index in [0.29, 0.717) is 13.0 Å². The quantitative estimate of drug-likeness (QED) is 0.756. The average molecular weight is 178 g/mol. The van der Waals surface area contributed by atoms with Crippen LogP contribution in [-0.2, 0) is 13.0 Å². The number of rotatable bonds is 4. The molecule has 0 saturated heterocycles. The minimum absolute atomic E-state index is 0.484. The number of anilines is 1. The fourth-order valence-electron chi connectivity index (χ4n) is 1.28. The van der Waals surface area contributed by atoms with Crippen molar-refractivity contribution in [3.05, 3.63) is 11.9 Å². The molecule has 0 unspecified atom stereocenters. The molecule has 13 heavy (non-hydrogen) atoms. The summed E-state index contributed by atoms with van der Waals surface area (Å²) in [6, 6.07) is 2.09. The van der Waals surface area contributed by atoms with Crippen molar-refractivity contribution < 1.29 is 0 Å². The Hall–Kier alpha value is -1.50. The van der Waals surface area contributed by atoms with Gasteiger partial charge in [0, 0.05) is 0 Å². The van der Waals surface area contributed by atoms with Crippen LogP contribution in [0.4, 0.5) is 5.69 Å². The van der Waals surface area contributed by atoms with Crippen LogP contribution in [0, 0.1) is 11.3 Å². The average Bonchev–Trinajstić information content (AvgIpc) is 2.46. The maximum Gasteiger partial charge on any atom is 0.0733 e. The fraction of sp³-hybridized carbons (Fsp3) is 0.556. The van der Waals surface area contributed by atoms with Gasteiger partial charge in [-0.15, -0.1) is 0 Å². The van der Waals surface area contributed by atoms with Crippen molar-refractivity contribution in [3.63, 3.8) is 0 Å². The SMILES string of the molecule is CCCc1c(N)cnn1CCC#N. The normalized spacial score (nSPS) is 9.85. The minimum atomic E-state index is 0.484. The summed E-state index contributed by atoms with van der Waals surface area (Å²) in [5.74, 6) is 0. The molecule has 0 aromatic carbocycles. The van der Waals surface area contributed by atoms with Crippen LogP contribution >= 0.6 is 0 Å². The van der Waals surface area contributed by atoms with Crippen molar-refractivity contribution in [2.75, 3.05) is 5.73 Å². The monoisotopic (exact) mass is 178 g/mol. The van der Waals surface area contributed by atoms with E-state index in [0.717, 1.165) is 24.2 Å². The number of nitrogens with two attached hydrogens (primary N) is 1. The van der Waals surface area contributed by atoms with E-state index in [9.17, 15) is 0 Å². The van der Waals surface area contributed by atoms with E-state index in [-0.39, 0.29) is 0 Å². The van der Waals surface area contributed by atoms with E-state index in [1.165, 1.54) is 0 Å². The highest BCUT2D eigenvalue weighted by Crippen LogP contribution is 2.12. The Bertz CT molecular complexity index is 308. The Labute approximate surface area is 78.0 Å². The molecule has 1 heterocycles. The smallest absolute Gasteiger partial charge is 0.0733 e. The molecule has 1 aromatic rings. The molecular formula is C9H14N4. The lowest BCUT2D eigenvalue weighted by molar-refractivity contribution is 0.591. The van der Waals surface area contributed by atoms with Crippen LogP contribution in [0.5, 0.6) is 0 Å². The van der Waals surface area contributed by atoms with Crippen molar-refractivity contribution in [2.24, 2.45) is 0 Å². The third-order valence-electron chi connectivity index (χ3n) is 1.90. The van der Waals surface area contributed by atoms with Crippen molar-refractivity contribution in [1.82, 2.24) is 9.78 Å². The number of hydrogen-bond acceptors (Lipinski definition) is 3. The lowest BCUT2D eigenvalue weighted by Gasteiger charge is -2.04. The molecule has 0 amide bonds. The van der Waals surface area contributed by atoms with Crippen molar-refractivity contribution in [2.45, 2.75) is 32.7 Å². The summed E-state index contributed by atoms with van der Waals surface area (Å²) in [6.07, 6.45) is 4.11. The Morgan fingerprint density at radius 3 is 3.08 bits per heavy atom. The first-order valence-electron chi connectivity index (χ1n) is 4.46. The highest BCUT2D eigenvalue weighted by atomic mass is 15.3. The summed E-state index contributed by atoms with van der Waals surface area (Å²) in [7, 11) is 0. The van der Waals surface area contributed by atoms with Crippen LogP contribution in [0.15, 0.2) is 6.20 Å². The van der Waals surface area contributed by atoms with Crippen molar-refractivity contribution >= 4 is 5.69 Å². The van der Waals surface area contributed by atoms with Gasteiger partial charge in [-0.05, 0) is 6.42 Å². The van der Waals surface area contributed by atoms with E-state index in [4.69, 9.17) is 11.0 Å². The number of nitrogens with zero attached hydrogens (tertiary/aromatic N) is 3. The van der Waals surface area contributed by atoms with Gasteiger partial charge < -0.3 is 5.73 Å². The molecule has 0 saturated carbocycles. The van der Waals surface area contributed by atoms with Crippen LogP contribution in [0.2, 0.25) is 0 Å². The van der Waals surface area contributed by atoms with Crippen LogP contribution in [-0.4, -0.2) is 9.78 Å². The van der Waals surface area contributed by atoms with Gasteiger partial charge in [0.1, 0.15) is 0 Å². The number of hydrogen-bond donors (Lipinski definition) is 1. The van der Waals surface area contributed by atoms with Crippen LogP contribution in [0.1, 0.15) is 25.5 Å². The molecule has 4 nitrogen and oxygen atoms in total. The largest absolute Gasteiger partial charge is 0.396 e. The first-order chi connectivity index (χ1) is 6.29. The summed E-state index contributed by atoms with van der Waals surface area (Å²) in [5.41, 5.74) is 7.52. The molecule has 0 spiro atoms. The number of aromatic nitrogens is 2. The van der Waals surface area contributed by atoms with Gasteiger partial charge in [-0.3, -0.25) is 4.68 Å². The molecule has 0 fully saturated rings. The number of aryl methyl sites for hydroxylation is 1. The van der Waals surface area contributed by atoms with Crippen LogP contribution in [0.3, 0.4) is 0 Å². The lowest BCUT2D eigenvalue weighted by Crippen LogP contribution is -2.05. The van der Waals surface area contributed by atoms with E-state index in [1.807, 2.05) is 4.68 Å². The first-order valence-corrected chi connectivity index (χ1v) is 4.46. The molecule has 70 valence electrons. The van der Waals surface area contributed by atoms with E-state index >= 15 is 0 Å². The zero-order chi connectivity index (χ0) is 9.68.